The van der Waals surface area contributed by atoms with E-state index in [4.69, 9.17) is 17.3 Å². The van der Waals surface area contributed by atoms with Crippen LogP contribution >= 0.6 is 11.6 Å². The molecule has 0 saturated heterocycles. The normalized spacial score (nSPS) is 16.2. The lowest BCUT2D eigenvalue weighted by Crippen LogP contribution is -2.17. The molecule has 3 heterocycles. The fraction of sp³-hybridized carbons (Fsp3) is 0.211. The van der Waals surface area contributed by atoms with Crippen molar-refractivity contribution in [1.29, 1.82) is 0 Å². The van der Waals surface area contributed by atoms with Crippen molar-refractivity contribution < 1.29 is 12.8 Å². The number of fused-ring (bicyclic) bond motifs is 1. The van der Waals surface area contributed by atoms with Gasteiger partial charge in [0.25, 0.3) is 10.0 Å². The number of hydrogen-bond acceptors (Lipinski definition) is 6. The van der Waals surface area contributed by atoms with E-state index in [2.05, 4.69) is 15.0 Å². The summed E-state index contributed by atoms with van der Waals surface area (Å²) in [5.41, 5.74) is 5.93. The fourth-order valence-electron chi connectivity index (χ4n) is 3.04. The molecule has 2 N–H and O–H groups in total. The van der Waals surface area contributed by atoms with Crippen molar-refractivity contribution in [2.24, 2.45) is 5.41 Å². The first-order valence-corrected chi connectivity index (χ1v) is 10.5. The van der Waals surface area contributed by atoms with E-state index in [1.807, 2.05) is 19.9 Å². The summed E-state index contributed by atoms with van der Waals surface area (Å²) in [7, 11) is -3.93. The number of rotatable bonds is 3. The van der Waals surface area contributed by atoms with E-state index >= 15 is 0 Å². The highest BCUT2D eigenvalue weighted by atomic mass is 35.5. The Labute approximate surface area is 171 Å². The number of anilines is 1. The summed E-state index contributed by atoms with van der Waals surface area (Å²) in [4.78, 5) is 12.2. The van der Waals surface area contributed by atoms with Gasteiger partial charge in [-0.05, 0) is 24.0 Å². The van der Waals surface area contributed by atoms with Crippen molar-refractivity contribution in [3.8, 4) is 11.4 Å². The summed E-state index contributed by atoms with van der Waals surface area (Å²) in [5, 5.41) is 0.718. The van der Waals surface area contributed by atoms with Gasteiger partial charge in [0, 0.05) is 23.3 Å². The molecule has 3 aromatic heterocycles. The van der Waals surface area contributed by atoms with E-state index in [-0.39, 0.29) is 27.6 Å². The summed E-state index contributed by atoms with van der Waals surface area (Å²) < 4.78 is 41.2. The van der Waals surface area contributed by atoms with Crippen LogP contribution in [0.5, 0.6) is 0 Å². The van der Waals surface area contributed by atoms with Gasteiger partial charge in [-0.1, -0.05) is 37.6 Å². The smallest absolute Gasteiger partial charge is 0.269 e. The summed E-state index contributed by atoms with van der Waals surface area (Å²) in [6.45, 7) is 4.04. The number of pyridine rings is 1. The maximum absolute atomic E-state index is 13.5. The van der Waals surface area contributed by atoms with Crippen LogP contribution in [0, 0.1) is 11.2 Å². The third kappa shape index (κ3) is 3.40. The minimum Gasteiger partial charge on any atom is -0.381 e. The summed E-state index contributed by atoms with van der Waals surface area (Å²) in [6.07, 6.45) is 9.36. The number of hydrogen-bond donors (Lipinski definition) is 1. The number of nitrogen functional groups attached to an aromatic ring is 1. The number of aromatic nitrogens is 4. The molecule has 150 valence electrons. The van der Waals surface area contributed by atoms with Crippen LogP contribution in [-0.2, 0) is 10.0 Å². The number of nitrogens with zero attached hydrogens (tertiary/aromatic N) is 4. The molecule has 0 bridgehead atoms. The van der Waals surface area contributed by atoms with E-state index in [9.17, 15) is 12.8 Å². The molecule has 1 aliphatic rings. The van der Waals surface area contributed by atoms with Crippen molar-refractivity contribution in [2.45, 2.75) is 20.3 Å². The van der Waals surface area contributed by atoms with E-state index in [0.29, 0.717) is 22.4 Å². The van der Waals surface area contributed by atoms with Gasteiger partial charge in [0.1, 0.15) is 0 Å². The Kier molecular flexibility index (Phi) is 4.47. The Morgan fingerprint density at radius 3 is 2.69 bits per heavy atom. The molecule has 0 radical (unpaired) electrons. The molecule has 0 unspecified atom stereocenters. The number of halogens is 2. The number of nitrogens with two attached hydrogens (primary N) is 1. The van der Waals surface area contributed by atoms with Crippen LogP contribution in [0.25, 0.3) is 22.4 Å². The average Bonchev–Trinajstić information content (AvgIpc) is 3.03. The molecule has 0 aromatic carbocycles. The van der Waals surface area contributed by atoms with Crippen LogP contribution in [0.3, 0.4) is 0 Å². The van der Waals surface area contributed by atoms with Crippen molar-refractivity contribution in [2.75, 3.05) is 5.73 Å². The van der Waals surface area contributed by atoms with Crippen LogP contribution in [0.15, 0.2) is 47.8 Å². The quantitative estimate of drug-likeness (QED) is 0.671. The van der Waals surface area contributed by atoms with Gasteiger partial charge in [0.05, 0.1) is 16.1 Å². The Morgan fingerprint density at radius 1 is 1.28 bits per heavy atom. The Bertz CT molecular complexity index is 1310. The zero-order valence-electron chi connectivity index (χ0n) is 15.6. The van der Waals surface area contributed by atoms with Gasteiger partial charge in [-0.25, -0.2) is 31.7 Å². The molecule has 0 atom stereocenters. The second kappa shape index (κ2) is 6.64. The molecule has 0 amide bonds. The van der Waals surface area contributed by atoms with Crippen molar-refractivity contribution in [3.05, 3.63) is 58.6 Å². The Balaban J connectivity index is 1.94. The standard InChI is InChI=1S/C19H17ClFN5O2S/c1-19(2)5-3-12(4-6-19)29(27,28)26-10-14(13-7-11(20)8-24-18(13)26)17-23-9-15(21)16(22)25-17/h3-5,7-10H,6H2,1-2H3,(H2,22,23,25). The van der Waals surface area contributed by atoms with Crippen LogP contribution in [-0.4, -0.2) is 27.3 Å². The lowest BCUT2D eigenvalue weighted by atomic mass is 9.86. The maximum Gasteiger partial charge on any atom is 0.269 e. The first-order chi connectivity index (χ1) is 13.6. The van der Waals surface area contributed by atoms with Gasteiger partial charge in [-0.2, -0.15) is 0 Å². The third-order valence-corrected chi connectivity index (χ3v) is 6.58. The van der Waals surface area contributed by atoms with E-state index in [1.54, 1.807) is 18.2 Å². The van der Waals surface area contributed by atoms with Gasteiger partial charge in [-0.15, -0.1) is 0 Å². The summed E-state index contributed by atoms with van der Waals surface area (Å²) in [6, 6.07) is 1.56. The van der Waals surface area contributed by atoms with E-state index in [0.717, 1.165) is 10.2 Å². The predicted octanol–water partition coefficient (Wildman–Crippen LogP) is 3.92. The van der Waals surface area contributed by atoms with Crippen LogP contribution < -0.4 is 5.73 Å². The van der Waals surface area contributed by atoms with Crippen molar-refractivity contribution in [1.82, 2.24) is 18.9 Å². The largest absolute Gasteiger partial charge is 0.381 e. The predicted molar refractivity (Wildman–Crippen MR) is 110 cm³/mol. The highest BCUT2D eigenvalue weighted by Gasteiger charge is 2.28. The number of allylic oxidation sites excluding steroid dienone is 3. The lowest BCUT2D eigenvalue weighted by Gasteiger charge is -2.22. The molecule has 0 saturated carbocycles. The lowest BCUT2D eigenvalue weighted by molar-refractivity contribution is 0.483. The molecule has 4 rings (SSSR count). The topological polar surface area (TPSA) is 104 Å². The van der Waals surface area contributed by atoms with Crippen LogP contribution in [0.4, 0.5) is 10.2 Å². The molecule has 0 fully saturated rings. The van der Waals surface area contributed by atoms with E-state index in [1.165, 1.54) is 12.4 Å². The summed E-state index contributed by atoms with van der Waals surface area (Å²) >= 11 is 6.07. The first kappa shape index (κ1) is 19.5. The minimum atomic E-state index is -3.93. The zero-order chi connectivity index (χ0) is 21.0. The highest BCUT2D eigenvalue weighted by Crippen LogP contribution is 2.35. The van der Waals surface area contributed by atoms with Gasteiger partial charge in [-0.3, -0.25) is 0 Å². The van der Waals surface area contributed by atoms with Crippen molar-refractivity contribution in [3.63, 3.8) is 0 Å². The Hall–Kier alpha value is -2.78. The fourth-order valence-corrected chi connectivity index (χ4v) is 4.57. The van der Waals surface area contributed by atoms with E-state index < -0.39 is 15.8 Å². The average molecular weight is 434 g/mol. The molecule has 29 heavy (non-hydrogen) atoms. The van der Waals surface area contributed by atoms with Gasteiger partial charge < -0.3 is 5.73 Å². The zero-order valence-corrected chi connectivity index (χ0v) is 17.2. The molecule has 0 aliphatic heterocycles. The van der Waals surface area contributed by atoms with Gasteiger partial charge in [0.15, 0.2) is 23.1 Å². The van der Waals surface area contributed by atoms with Crippen LogP contribution in [0.1, 0.15) is 20.3 Å². The SMILES string of the molecule is CC1(C)C=CC(S(=O)(=O)n2cc(-c3ncc(F)c(N)n3)c3cc(Cl)cnc32)=CC1. The first-order valence-electron chi connectivity index (χ1n) is 8.68. The molecule has 0 spiro atoms. The minimum absolute atomic E-state index is 0.0706. The van der Waals surface area contributed by atoms with Crippen molar-refractivity contribution >= 4 is 38.5 Å². The second-order valence-electron chi connectivity index (χ2n) is 7.43. The highest BCUT2D eigenvalue weighted by molar-refractivity contribution is 7.94. The Morgan fingerprint density at radius 2 is 2.03 bits per heavy atom. The molecule has 1 aliphatic carbocycles. The monoisotopic (exact) mass is 433 g/mol. The molecule has 3 aromatic rings. The molecular weight excluding hydrogens is 417 g/mol. The van der Waals surface area contributed by atoms with Crippen LogP contribution in [0.2, 0.25) is 5.02 Å². The molecule has 7 nitrogen and oxygen atoms in total. The second-order valence-corrected chi connectivity index (χ2v) is 9.68. The molecule has 10 heteroatoms. The summed E-state index contributed by atoms with van der Waals surface area (Å²) in [5.74, 6) is -1.03. The van der Waals surface area contributed by atoms with Gasteiger partial charge >= 0.3 is 0 Å². The third-order valence-electron chi connectivity index (χ3n) is 4.68. The maximum atomic E-state index is 13.5. The van der Waals surface area contributed by atoms with Gasteiger partial charge in [0.2, 0.25) is 0 Å². The molecular formula is C19H17ClFN5O2S.